The largest absolute Gasteiger partial charge is 0.343 e. The number of nitriles is 1. The summed E-state index contributed by atoms with van der Waals surface area (Å²) in [5.41, 5.74) is 4.05. The molecule has 3 rings (SSSR count). The van der Waals surface area contributed by atoms with Gasteiger partial charge in [0, 0.05) is 17.3 Å². The molecule has 1 aromatic heterocycles. The van der Waals surface area contributed by atoms with Crippen molar-refractivity contribution in [1.82, 2.24) is 10.3 Å². The van der Waals surface area contributed by atoms with Gasteiger partial charge in [-0.3, -0.25) is 9.59 Å². The Kier molecular flexibility index (Phi) is 6.00. The number of hydrogen-bond donors (Lipinski definition) is 2. The van der Waals surface area contributed by atoms with Gasteiger partial charge in [-0.15, -0.1) is 11.8 Å². The van der Waals surface area contributed by atoms with Crippen LogP contribution in [0.25, 0.3) is 0 Å². The molecule has 1 aliphatic rings. The number of aryl methyl sites for hydroxylation is 2. The van der Waals surface area contributed by atoms with Crippen LogP contribution in [0.15, 0.2) is 29.3 Å². The number of thioether (sulfide) groups is 1. The highest BCUT2D eigenvalue weighted by molar-refractivity contribution is 7.98. The van der Waals surface area contributed by atoms with E-state index in [0.717, 1.165) is 35.3 Å². The summed E-state index contributed by atoms with van der Waals surface area (Å²) in [6, 6.07) is 9.53. The van der Waals surface area contributed by atoms with Crippen molar-refractivity contribution in [3.63, 3.8) is 0 Å². The fourth-order valence-electron chi connectivity index (χ4n) is 3.01. The van der Waals surface area contributed by atoms with Gasteiger partial charge in [-0.05, 0) is 50.1 Å². The summed E-state index contributed by atoms with van der Waals surface area (Å²) < 4.78 is 0. The molecule has 2 amide bonds. The Hall–Kier alpha value is -2.85. The minimum atomic E-state index is -0.437. The molecule has 0 saturated heterocycles. The predicted molar refractivity (Wildman–Crippen MR) is 110 cm³/mol. The number of aromatic nitrogens is 1. The van der Waals surface area contributed by atoms with Crippen LogP contribution in [0.3, 0.4) is 0 Å². The molecular formula is C21H22N4O2S. The van der Waals surface area contributed by atoms with Gasteiger partial charge in [0.1, 0.15) is 11.1 Å². The lowest BCUT2D eigenvalue weighted by atomic mass is 10.1. The van der Waals surface area contributed by atoms with Gasteiger partial charge in [-0.1, -0.05) is 18.2 Å². The summed E-state index contributed by atoms with van der Waals surface area (Å²) in [5.74, 6) is -0.392. The third kappa shape index (κ3) is 4.34. The number of para-hydroxylation sites is 1. The summed E-state index contributed by atoms with van der Waals surface area (Å²) in [7, 11) is 0. The van der Waals surface area contributed by atoms with Gasteiger partial charge in [0.05, 0.1) is 17.7 Å². The number of carbonyl (C=O) groups is 2. The molecular weight excluding hydrogens is 372 g/mol. The van der Waals surface area contributed by atoms with Crippen molar-refractivity contribution < 1.29 is 9.59 Å². The van der Waals surface area contributed by atoms with Crippen molar-refractivity contribution in [1.29, 1.82) is 5.26 Å². The number of hydrogen-bond acceptors (Lipinski definition) is 5. The third-order valence-electron chi connectivity index (χ3n) is 4.71. The second kappa shape index (κ2) is 8.44. The summed E-state index contributed by atoms with van der Waals surface area (Å²) in [4.78, 5) is 29.5. The first-order chi connectivity index (χ1) is 13.4. The van der Waals surface area contributed by atoms with Gasteiger partial charge in [0.25, 0.3) is 5.91 Å². The molecule has 1 saturated carbocycles. The molecule has 0 bridgehead atoms. The Balaban J connectivity index is 1.73. The molecule has 0 atom stereocenters. The fourth-order valence-corrected chi connectivity index (χ4v) is 3.57. The molecule has 7 heteroatoms. The Morgan fingerprint density at radius 3 is 2.54 bits per heavy atom. The quantitative estimate of drug-likeness (QED) is 0.731. The molecule has 1 heterocycles. The molecule has 1 aliphatic carbocycles. The zero-order chi connectivity index (χ0) is 20.3. The molecule has 144 valence electrons. The number of nitrogens with zero attached hydrogens (tertiary/aromatic N) is 2. The fraction of sp³-hybridized carbons (Fsp3) is 0.333. The maximum absolute atomic E-state index is 12.7. The summed E-state index contributed by atoms with van der Waals surface area (Å²) in [6.45, 7) is 3.66. The predicted octanol–water partition coefficient (Wildman–Crippen LogP) is 3.54. The maximum Gasteiger partial charge on any atom is 0.253 e. The highest BCUT2D eigenvalue weighted by Gasteiger charge is 2.28. The van der Waals surface area contributed by atoms with Crippen molar-refractivity contribution in [3.05, 3.63) is 52.2 Å². The molecule has 2 aromatic rings. The van der Waals surface area contributed by atoms with Crippen molar-refractivity contribution in [2.24, 2.45) is 0 Å². The van der Waals surface area contributed by atoms with Crippen LogP contribution in [0.5, 0.6) is 0 Å². The molecule has 6 nitrogen and oxygen atoms in total. The molecule has 1 aromatic carbocycles. The Labute approximate surface area is 168 Å². The third-order valence-corrected chi connectivity index (χ3v) is 5.39. The van der Waals surface area contributed by atoms with Gasteiger partial charge >= 0.3 is 0 Å². The first kappa shape index (κ1) is 19.9. The number of amides is 2. The average Bonchev–Trinajstić information content (AvgIpc) is 3.53. The first-order valence-corrected chi connectivity index (χ1v) is 10.3. The molecule has 0 unspecified atom stereocenters. The number of rotatable bonds is 6. The minimum Gasteiger partial charge on any atom is -0.343 e. The Bertz CT molecular complexity index is 957. The Morgan fingerprint density at radius 2 is 1.96 bits per heavy atom. The van der Waals surface area contributed by atoms with E-state index in [1.807, 2.05) is 38.3 Å². The van der Waals surface area contributed by atoms with Gasteiger partial charge in [-0.25, -0.2) is 4.98 Å². The number of benzene rings is 1. The normalized spacial score (nSPS) is 12.9. The van der Waals surface area contributed by atoms with Crippen molar-refractivity contribution in [2.75, 3.05) is 18.1 Å². The highest BCUT2D eigenvalue weighted by atomic mass is 32.2. The van der Waals surface area contributed by atoms with Crippen molar-refractivity contribution in [2.45, 2.75) is 37.6 Å². The van der Waals surface area contributed by atoms with E-state index in [2.05, 4.69) is 21.7 Å². The van der Waals surface area contributed by atoms with Crippen LogP contribution in [0, 0.1) is 25.2 Å². The standard InChI is InChI=1S/C21H22N4O2S/c1-12-5-4-6-13(2)19(12)25-18(26)11-23-20(27)15-9-17(14-7-8-14)24-21(28-3)16(15)10-22/h4-6,9,14H,7-8,11H2,1-3H3,(H,23,27)(H,25,26). The van der Waals surface area contributed by atoms with E-state index in [1.165, 1.54) is 11.8 Å². The average molecular weight is 395 g/mol. The number of carbonyl (C=O) groups excluding carboxylic acids is 2. The van der Waals surface area contributed by atoms with Crippen molar-refractivity contribution >= 4 is 29.3 Å². The van der Waals surface area contributed by atoms with Crippen LogP contribution in [0.4, 0.5) is 5.69 Å². The number of pyridine rings is 1. The van der Waals surface area contributed by atoms with Crippen LogP contribution in [0.2, 0.25) is 0 Å². The monoisotopic (exact) mass is 394 g/mol. The summed E-state index contributed by atoms with van der Waals surface area (Å²) in [6.07, 6.45) is 3.93. The number of nitrogens with one attached hydrogen (secondary N) is 2. The van der Waals surface area contributed by atoms with Crippen LogP contribution < -0.4 is 10.6 Å². The number of anilines is 1. The van der Waals surface area contributed by atoms with E-state index in [9.17, 15) is 14.9 Å². The van der Waals surface area contributed by atoms with Crippen LogP contribution in [0.1, 0.15) is 51.5 Å². The van der Waals surface area contributed by atoms with Crippen LogP contribution in [-0.4, -0.2) is 29.6 Å². The van der Waals surface area contributed by atoms with E-state index in [4.69, 9.17) is 0 Å². The minimum absolute atomic E-state index is 0.173. The molecule has 0 aliphatic heterocycles. The van der Waals surface area contributed by atoms with E-state index in [-0.39, 0.29) is 23.6 Å². The summed E-state index contributed by atoms with van der Waals surface area (Å²) >= 11 is 1.35. The lowest BCUT2D eigenvalue weighted by Gasteiger charge is -2.13. The lowest BCUT2D eigenvalue weighted by molar-refractivity contribution is -0.115. The zero-order valence-electron chi connectivity index (χ0n) is 16.1. The molecule has 0 radical (unpaired) electrons. The Morgan fingerprint density at radius 1 is 1.29 bits per heavy atom. The topological polar surface area (TPSA) is 94.9 Å². The molecule has 28 heavy (non-hydrogen) atoms. The smallest absolute Gasteiger partial charge is 0.253 e. The van der Waals surface area contributed by atoms with Crippen LogP contribution >= 0.6 is 11.8 Å². The van der Waals surface area contributed by atoms with E-state index in [0.29, 0.717) is 10.9 Å². The molecule has 1 fully saturated rings. The second-order valence-electron chi connectivity index (χ2n) is 6.86. The van der Waals surface area contributed by atoms with Gasteiger partial charge in [0.15, 0.2) is 0 Å². The SMILES string of the molecule is CSc1nc(C2CC2)cc(C(=O)NCC(=O)Nc2c(C)cccc2C)c1C#N. The van der Waals surface area contributed by atoms with Crippen LogP contribution in [-0.2, 0) is 4.79 Å². The summed E-state index contributed by atoms with van der Waals surface area (Å²) in [5, 5.41) is 15.5. The van der Waals surface area contributed by atoms with Gasteiger partial charge < -0.3 is 10.6 Å². The van der Waals surface area contributed by atoms with E-state index in [1.54, 1.807) is 6.07 Å². The first-order valence-electron chi connectivity index (χ1n) is 9.08. The second-order valence-corrected chi connectivity index (χ2v) is 7.66. The van der Waals surface area contributed by atoms with E-state index >= 15 is 0 Å². The van der Waals surface area contributed by atoms with Gasteiger partial charge in [-0.2, -0.15) is 5.26 Å². The van der Waals surface area contributed by atoms with Gasteiger partial charge in [0.2, 0.25) is 5.91 Å². The zero-order valence-corrected chi connectivity index (χ0v) is 16.9. The van der Waals surface area contributed by atoms with Crippen molar-refractivity contribution in [3.8, 4) is 6.07 Å². The maximum atomic E-state index is 12.7. The lowest BCUT2D eigenvalue weighted by Crippen LogP contribution is -2.33. The molecule has 0 spiro atoms. The molecule has 2 N–H and O–H groups in total. The highest BCUT2D eigenvalue weighted by Crippen LogP contribution is 2.40. The van der Waals surface area contributed by atoms with E-state index < -0.39 is 5.91 Å².